The molecule has 7 heteroatoms. The van der Waals surface area contributed by atoms with E-state index in [1.807, 2.05) is 36.1 Å². The highest BCUT2D eigenvalue weighted by molar-refractivity contribution is 8.00. The zero-order valence-electron chi connectivity index (χ0n) is 14.1. The predicted molar refractivity (Wildman–Crippen MR) is 95.9 cm³/mol. The van der Waals surface area contributed by atoms with Gasteiger partial charge in [0.1, 0.15) is 0 Å². The number of carbonyl (C=O) groups excluding carboxylic acids is 1. The highest BCUT2D eigenvalue weighted by Gasteiger charge is 2.24. The Morgan fingerprint density at radius 2 is 2.00 bits per heavy atom. The van der Waals surface area contributed by atoms with Gasteiger partial charge in [-0.25, -0.2) is 4.79 Å². The molecule has 0 atom stereocenters. The quantitative estimate of drug-likeness (QED) is 0.831. The number of nitrogens with zero attached hydrogens (tertiary/aromatic N) is 3. The summed E-state index contributed by atoms with van der Waals surface area (Å²) < 4.78 is 1.72. The summed E-state index contributed by atoms with van der Waals surface area (Å²) in [7, 11) is 0. The first-order chi connectivity index (χ1) is 12.0. The Hall–Kier alpha value is -2.28. The molecule has 2 heterocycles. The number of aromatic carboxylic acids is 1. The van der Waals surface area contributed by atoms with Gasteiger partial charge in [-0.2, -0.15) is 5.10 Å². The van der Waals surface area contributed by atoms with Crippen LogP contribution in [0.4, 0.5) is 0 Å². The van der Waals surface area contributed by atoms with Crippen LogP contribution >= 0.6 is 11.8 Å². The highest BCUT2D eigenvalue weighted by Crippen LogP contribution is 2.25. The van der Waals surface area contributed by atoms with Crippen molar-refractivity contribution in [3.05, 3.63) is 47.8 Å². The molecule has 3 rings (SSSR count). The summed E-state index contributed by atoms with van der Waals surface area (Å²) in [6.07, 6.45) is 4.53. The third-order valence-electron chi connectivity index (χ3n) is 4.48. The number of carboxylic acid groups (broad SMARTS) is 1. The van der Waals surface area contributed by atoms with Gasteiger partial charge in [-0.05, 0) is 31.4 Å². The van der Waals surface area contributed by atoms with Crippen LogP contribution in [-0.4, -0.2) is 50.5 Å². The van der Waals surface area contributed by atoms with Crippen LogP contribution in [0.25, 0.3) is 0 Å². The second-order valence-corrected chi connectivity index (χ2v) is 7.20. The minimum Gasteiger partial charge on any atom is -0.478 e. The van der Waals surface area contributed by atoms with E-state index in [-0.39, 0.29) is 17.5 Å². The average molecular weight is 359 g/mol. The van der Waals surface area contributed by atoms with E-state index < -0.39 is 5.97 Å². The largest absolute Gasteiger partial charge is 0.478 e. The monoisotopic (exact) mass is 359 g/mol. The lowest BCUT2D eigenvalue weighted by Gasteiger charge is -2.32. The van der Waals surface area contributed by atoms with Crippen LogP contribution in [-0.2, 0) is 4.79 Å². The minimum absolute atomic E-state index is 0.151. The summed E-state index contributed by atoms with van der Waals surface area (Å²) >= 11 is 1.58. The summed E-state index contributed by atoms with van der Waals surface area (Å²) in [5.74, 6) is -0.369. The Kier molecular flexibility index (Phi) is 5.43. The second-order valence-electron chi connectivity index (χ2n) is 6.18. The molecular weight excluding hydrogens is 338 g/mol. The van der Waals surface area contributed by atoms with Crippen molar-refractivity contribution < 1.29 is 14.7 Å². The fourth-order valence-corrected chi connectivity index (χ4v) is 3.91. The number of thioether (sulfide) groups is 1. The number of amides is 1. The van der Waals surface area contributed by atoms with Crippen molar-refractivity contribution in [2.24, 2.45) is 0 Å². The standard InChI is InChI=1S/C18H21N3O3S/c1-13-4-2-3-5-16(13)25-12-17(22)20-8-6-15(7-9-20)21-11-14(10-19-21)18(23)24/h2-5,10-11,15H,6-9,12H2,1H3,(H,23,24). The fourth-order valence-electron chi connectivity index (χ4n) is 2.98. The Balaban J connectivity index is 1.50. The van der Waals surface area contributed by atoms with E-state index in [1.165, 1.54) is 11.8 Å². The van der Waals surface area contributed by atoms with Gasteiger partial charge in [0.25, 0.3) is 0 Å². The van der Waals surface area contributed by atoms with E-state index in [2.05, 4.69) is 5.10 Å². The third-order valence-corrected chi connectivity index (χ3v) is 5.64. The Morgan fingerprint density at radius 3 is 2.64 bits per heavy atom. The van der Waals surface area contributed by atoms with E-state index in [4.69, 9.17) is 5.11 Å². The number of rotatable bonds is 5. The van der Waals surface area contributed by atoms with Crippen LogP contribution < -0.4 is 0 Å². The maximum Gasteiger partial charge on any atom is 0.338 e. The molecule has 1 fully saturated rings. The van der Waals surface area contributed by atoms with Gasteiger partial charge < -0.3 is 10.0 Å². The molecule has 1 aromatic carbocycles. The number of hydrogen-bond donors (Lipinski definition) is 1. The van der Waals surface area contributed by atoms with E-state index >= 15 is 0 Å². The molecule has 1 amide bonds. The van der Waals surface area contributed by atoms with E-state index in [0.717, 1.165) is 17.7 Å². The van der Waals surface area contributed by atoms with Crippen molar-refractivity contribution in [2.75, 3.05) is 18.8 Å². The molecule has 6 nitrogen and oxygen atoms in total. The molecule has 25 heavy (non-hydrogen) atoms. The summed E-state index contributed by atoms with van der Waals surface area (Å²) in [5.41, 5.74) is 1.39. The first kappa shape index (κ1) is 17.5. The number of aromatic nitrogens is 2. The molecule has 132 valence electrons. The van der Waals surface area contributed by atoms with Gasteiger partial charge in [-0.15, -0.1) is 11.8 Å². The first-order valence-corrected chi connectivity index (χ1v) is 9.27. The number of carboxylic acids is 1. The molecule has 0 aliphatic carbocycles. The molecule has 0 saturated carbocycles. The maximum atomic E-state index is 12.4. The zero-order chi connectivity index (χ0) is 17.8. The van der Waals surface area contributed by atoms with Crippen molar-refractivity contribution in [3.8, 4) is 0 Å². The summed E-state index contributed by atoms with van der Waals surface area (Å²) in [4.78, 5) is 26.4. The molecule has 1 aliphatic heterocycles. The van der Waals surface area contributed by atoms with E-state index in [0.29, 0.717) is 18.8 Å². The molecule has 0 spiro atoms. The van der Waals surface area contributed by atoms with Crippen molar-refractivity contribution in [1.29, 1.82) is 0 Å². The van der Waals surface area contributed by atoms with Gasteiger partial charge in [-0.1, -0.05) is 18.2 Å². The normalized spacial score (nSPS) is 15.3. The number of aryl methyl sites for hydroxylation is 1. The van der Waals surface area contributed by atoms with Crippen molar-refractivity contribution in [3.63, 3.8) is 0 Å². The van der Waals surface area contributed by atoms with Crippen molar-refractivity contribution >= 4 is 23.6 Å². The van der Waals surface area contributed by atoms with Crippen LogP contribution in [0.3, 0.4) is 0 Å². The molecule has 0 bridgehead atoms. The van der Waals surface area contributed by atoms with Crippen molar-refractivity contribution in [2.45, 2.75) is 30.7 Å². The van der Waals surface area contributed by atoms with E-state index in [9.17, 15) is 9.59 Å². The maximum absolute atomic E-state index is 12.4. The van der Waals surface area contributed by atoms with Crippen LogP contribution in [0, 0.1) is 6.92 Å². The lowest BCUT2D eigenvalue weighted by molar-refractivity contribution is -0.129. The average Bonchev–Trinajstić information content (AvgIpc) is 3.11. The molecular formula is C18H21N3O3S. The Labute approximate surface area is 150 Å². The number of carbonyl (C=O) groups is 2. The summed E-state index contributed by atoms with van der Waals surface area (Å²) in [6.45, 7) is 3.41. The number of piperidine rings is 1. The zero-order valence-corrected chi connectivity index (χ0v) is 14.9. The lowest BCUT2D eigenvalue weighted by atomic mass is 10.1. The number of likely N-dealkylation sites (tertiary alicyclic amines) is 1. The highest BCUT2D eigenvalue weighted by atomic mass is 32.2. The molecule has 1 aliphatic rings. The van der Waals surface area contributed by atoms with Gasteiger partial charge >= 0.3 is 5.97 Å². The van der Waals surface area contributed by atoms with Crippen LogP contribution in [0.15, 0.2) is 41.6 Å². The van der Waals surface area contributed by atoms with Gasteiger partial charge in [0, 0.05) is 24.2 Å². The number of hydrogen-bond acceptors (Lipinski definition) is 4. The minimum atomic E-state index is -0.966. The Bertz CT molecular complexity index is 766. The molecule has 1 N–H and O–H groups in total. The molecule has 0 unspecified atom stereocenters. The van der Waals surface area contributed by atoms with E-state index in [1.54, 1.807) is 22.6 Å². The van der Waals surface area contributed by atoms with Gasteiger partial charge in [0.2, 0.25) is 5.91 Å². The smallest absolute Gasteiger partial charge is 0.338 e. The first-order valence-electron chi connectivity index (χ1n) is 8.28. The third kappa shape index (κ3) is 4.22. The molecule has 0 radical (unpaired) electrons. The van der Waals surface area contributed by atoms with Crippen molar-refractivity contribution in [1.82, 2.24) is 14.7 Å². The van der Waals surface area contributed by atoms with Gasteiger partial charge in [-0.3, -0.25) is 9.48 Å². The van der Waals surface area contributed by atoms with Crippen LogP contribution in [0.1, 0.15) is 34.8 Å². The lowest BCUT2D eigenvalue weighted by Crippen LogP contribution is -2.40. The molecule has 2 aromatic rings. The number of benzene rings is 1. The fraction of sp³-hybridized carbons (Fsp3) is 0.389. The van der Waals surface area contributed by atoms with Gasteiger partial charge in [0.05, 0.1) is 23.6 Å². The predicted octanol–water partition coefficient (Wildman–Crippen LogP) is 2.85. The molecule has 1 saturated heterocycles. The van der Waals surface area contributed by atoms with Crippen LogP contribution in [0.2, 0.25) is 0 Å². The van der Waals surface area contributed by atoms with Gasteiger partial charge in [0.15, 0.2) is 0 Å². The summed E-state index contributed by atoms with van der Waals surface area (Å²) in [5, 5.41) is 13.1. The topological polar surface area (TPSA) is 75.4 Å². The van der Waals surface area contributed by atoms with Crippen LogP contribution in [0.5, 0.6) is 0 Å². The molecule has 1 aromatic heterocycles. The Morgan fingerprint density at radius 1 is 1.28 bits per heavy atom. The summed E-state index contributed by atoms with van der Waals surface area (Å²) in [6, 6.07) is 8.23. The second kappa shape index (κ2) is 7.74. The SMILES string of the molecule is Cc1ccccc1SCC(=O)N1CCC(n2cc(C(=O)O)cn2)CC1.